The molecule has 0 amide bonds. The number of rotatable bonds is 5. The van der Waals surface area contributed by atoms with Gasteiger partial charge in [0, 0.05) is 37.3 Å². The van der Waals surface area contributed by atoms with E-state index in [4.69, 9.17) is 9.47 Å². The van der Waals surface area contributed by atoms with Crippen molar-refractivity contribution in [2.24, 2.45) is 0 Å². The first kappa shape index (κ1) is 16.1. The monoisotopic (exact) mass is 286 g/mol. The van der Waals surface area contributed by atoms with Crippen LogP contribution < -0.4 is 14.8 Å². The van der Waals surface area contributed by atoms with Crippen molar-refractivity contribution in [1.29, 1.82) is 0 Å². The van der Waals surface area contributed by atoms with Gasteiger partial charge in [-0.2, -0.15) is 0 Å². The fraction of sp³-hybridized carbons (Fsp3) is 0.571. The van der Waals surface area contributed by atoms with Crippen LogP contribution in [0.25, 0.3) is 0 Å². The number of likely N-dealkylation sites (tertiary alicyclic amines) is 1. The third-order valence-corrected chi connectivity index (χ3v) is 3.57. The lowest BCUT2D eigenvalue weighted by atomic mass is 10.2. The molecule has 2 rings (SSSR count). The van der Waals surface area contributed by atoms with Crippen LogP contribution in [0.5, 0.6) is 11.5 Å². The predicted molar refractivity (Wildman–Crippen MR) is 79.5 cm³/mol. The smallest absolute Gasteiger partial charge is 0.127 e. The van der Waals surface area contributed by atoms with E-state index in [0.717, 1.165) is 31.1 Å². The van der Waals surface area contributed by atoms with Crippen molar-refractivity contribution in [2.75, 3.05) is 34.4 Å². The van der Waals surface area contributed by atoms with E-state index in [1.54, 1.807) is 14.2 Å². The van der Waals surface area contributed by atoms with E-state index in [1.165, 1.54) is 12.0 Å². The number of methoxy groups -OCH3 is 2. The highest BCUT2D eigenvalue weighted by molar-refractivity contribution is 5.85. The number of halogens is 1. The molecule has 1 unspecified atom stereocenters. The Hall–Kier alpha value is -0.970. The zero-order chi connectivity index (χ0) is 13.0. The summed E-state index contributed by atoms with van der Waals surface area (Å²) in [6, 6.07) is 6.64. The van der Waals surface area contributed by atoms with Gasteiger partial charge in [0.2, 0.25) is 0 Å². The average Bonchev–Trinajstić information content (AvgIpc) is 2.87. The molecular weight excluding hydrogens is 264 g/mol. The summed E-state index contributed by atoms with van der Waals surface area (Å²) in [7, 11) is 5.41. The van der Waals surface area contributed by atoms with Crippen molar-refractivity contribution < 1.29 is 9.47 Å². The van der Waals surface area contributed by atoms with Crippen LogP contribution in [0.3, 0.4) is 0 Å². The van der Waals surface area contributed by atoms with Crippen LogP contribution in [-0.2, 0) is 6.54 Å². The quantitative estimate of drug-likeness (QED) is 0.897. The maximum absolute atomic E-state index is 5.43. The molecule has 0 aromatic heterocycles. The highest BCUT2D eigenvalue weighted by atomic mass is 35.5. The molecule has 1 aromatic carbocycles. The number of hydrogen-bond donors (Lipinski definition) is 1. The second kappa shape index (κ2) is 7.58. The molecule has 19 heavy (non-hydrogen) atoms. The molecule has 1 fully saturated rings. The van der Waals surface area contributed by atoms with Gasteiger partial charge in [0.05, 0.1) is 14.2 Å². The molecule has 1 heterocycles. The van der Waals surface area contributed by atoms with E-state index in [1.807, 2.05) is 19.2 Å². The van der Waals surface area contributed by atoms with Gasteiger partial charge in [0.1, 0.15) is 11.5 Å². The van der Waals surface area contributed by atoms with Gasteiger partial charge in [-0.05, 0) is 19.5 Å². The summed E-state index contributed by atoms with van der Waals surface area (Å²) in [5.74, 6) is 1.74. The highest BCUT2D eigenvalue weighted by Gasteiger charge is 2.21. The van der Waals surface area contributed by atoms with Crippen molar-refractivity contribution in [3.05, 3.63) is 23.8 Å². The van der Waals surface area contributed by atoms with E-state index in [2.05, 4.69) is 16.3 Å². The van der Waals surface area contributed by atoms with Gasteiger partial charge in [-0.15, -0.1) is 12.4 Å². The van der Waals surface area contributed by atoms with E-state index in [-0.39, 0.29) is 12.4 Å². The maximum atomic E-state index is 5.43. The number of likely N-dealkylation sites (N-methyl/N-ethyl adjacent to an activating group) is 1. The number of nitrogens with zero attached hydrogens (tertiary/aromatic N) is 1. The van der Waals surface area contributed by atoms with Crippen LogP contribution in [0.2, 0.25) is 0 Å². The second-order valence-electron chi connectivity index (χ2n) is 4.69. The standard InChI is InChI=1S/C14H22N2O2.ClH/c1-15-12-6-7-16(10-12)9-11-4-5-13(17-2)8-14(11)18-3;/h4-5,8,12,15H,6-7,9-10H2,1-3H3;1H. The molecule has 0 spiro atoms. The van der Waals surface area contributed by atoms with Crippen LogP contribution in [0.1, 0.15) is 12.0 Å². The molecule has 1 N–H and O–H groups in total. The van der Waals surface area contributed by atoms with E-state index < -0.39 is 0 Å². The van der Waals surface area contributed by atoms with Gasteiger partial charge >= 0.3 is 0 Å². The summed E-state index contributed by atoms with van der Waals surface area (Å²) >= 11 is 0. The topological polar surface area (TPSA) is 33.7 Å². The molecule has 0 saturated carbocycles. The highest BCUT2D eigenvalue weighted by Crippen LogP contribution is 2.26. The van der Waals surface area contributed by atoms with Gasteiger partial charge in [-0.3, -0.25) is 4.90 Å². The van der Waals surface area contributed by atoms with Gasteiger partial charge in [-0.1, -0.05) is 6.07 Å². The molecule has 5 heteroatoms. The molecule has 0 bridgehead atoms. The third kappa shape index (κ3) is 4.00. The summed E-state index contributed by atoms with van der Waals surface area (Å²) in [5, 5.41) is 3.33. The first-order valence-electron chi connectivity index (χ1n) is 6.37. The number of hydrogen-bond acceptors (Lipinski definition) is 4. The normalized spacial score (nSPS) is 19.0. The summed E-state index contributed by atoms with van der Waals surface area (Å²) < 4.78 is 10.6. The van der Waals surface area contributed by atoms with Crippen LogP contribution >= 0.6 is 12.4 Å². The maximum Gasteiger partial charge on any atom is 0.127 e. The summed E-state index contributed by atoms with van der Waals surface area (Å²) in [6.45, 7) is 3.18. The van der Waals surface area contributed by atoms with E-state index in [0.29, 0.717) is 6.04 Å². The SMILES string of the molecule is CNC1CCN(Cc2ccc(OC)cc2OC)C1.Cl. The Kier molecular flexibility index (Phi) is 6.42. The molecule has 1 saturated heterocycles. The van der Waals surface area contributed by atoms with Crippen molar-refractivity contribution in [2.45, 2.75) is 19.0 Å². The van der Waals surface area contributed by atoms with Gasteiger partial charge < -0.3 is 14.8 Å². The van der Waals surface area contributed by atoms with Crippen LogP contribution in [0, 0.1) is 0 Å². The summed E-state index contributed by atoms with van der Waals surface area (Å²) in [5.41, 5.74) is 1.22. The fourth-order valence-corrected chi connectivity index (χ4v) is 2.44. The zero-order valence-electron chi connectivity index (χ0n) is 11.8. The van der Waals surface area contributed by atoms with Gasteiger partial charge in [0.15, 0.2) is 0 Å². The Morgan fingerprint density at radius 3 is 2.68 bits per heavy atom. The van der Waals surface area contributed by atoms with E-state index >= 15 is 0 Å². The largest absolute Gasteiger partial charge is 0.497 e. The molecule has 4 nitrogen and oxygen atoms in total. The Bertz CT molecular complexity index is 401. The van der Waals surface area contributed by atoms with Crippen molar-refractivity contribution in [3.8, 4) is 11.5 Å². The van der Waals surface area contributed by atoms with Crippen molar-refractivity contribution in [1.82, 2.24) is 10.2 Å². The molecule has 108 valence electrons. The zero-order valence-corrected chi connectivity index (χ0v) is 12.6. The van der Waals surface area contributed by atoms with E-state index in [9.17, 15) is 0 Å². The Morgan fingerprint density at radius 2 is 2.11 bits per heavy atom. The summed E-state index contributed by atoms with van der Waals surface area (Å²) in [4.78, 5) is 2.45. The Labute approximate surface area is 121 Å². The van der Waals surface area contributed by atoms with Crippen LogP contribution in [0.15, 0.2) is 18.2 Å². The molecule has 0 aliphatic carbocycles. The van der Waals surface area contributed by atoms with Crippen LogP contribution in [0.4, 0.5) is 0 Å². The molecule has 1 aliphatic heterocycles. The lowest BCUT2D eigenvalue weighted by molar-refractivity contribution is 0.312. The first-order valence-corrected chi connectivity index (χ1v) is 6.37. The number of ether oxygens (including phenoxy) is 2. The third-order valence-electron chi connectivity index (χ3n) is 3.57. The second-order valence-corrected chi connectivity index (χ2v) is 4.69. The molecular formula is C14H23ClN2O2. The predicted octanol–water partition coefficient (Wildman–Crippen LogP) is 1.92. The first-order chi connectivity index (χ1) is 8.76. The van der Waals surface area contributed by atoms with Gasteiger partial charge in [-0.25, -0.2) is 0 Å². The van der Waals surface area contributed by atoms with Crippen LogP contribution in [-0.4, -0.2) is 45.3 Å². The Morgan fingerprint density at radius 1 is 1.32 bits per heavy atom. The number of nitrogens with one attached hydrogen (secondary N) is 1. The molecule has 1 aliphatic rings. The van der Waals surface area contributed by atoms with Crippen molar-refractivity contribution in [3.63, 3.8) is 0 Å². The average molecular weight is 287 g/mol. The minimum Gasteiger partial charge on any atom is -0.497 e. The lowest BCUT2D eigenvalue weighted by Crippen LogP contribution is -2.29. The van der Waals surface area contributed by atoms with Gasteiger partial charge in [0.25, 0.3) is 0 Å². The molecule has 0 radical (unpaired) electrons. The molecule has 1 aromatic rings. The Balaban J connectivity index is 0.00000180. The minimum absolute atomic E-state index is 0. The minimum atomic E-state index is 0. The number of benzene rings is 1. The van der Waals surface area contributed by atoms with Crippen molar-refractivity contribution >= 4 is 12.4 Å². The summed E-state index contributed by atoms with van der Waals surface area (Å²) in [6.07, 6.45) is 1.22. The fourth-order valence-electron chi connectivity index (χ4n) is 2.44. The lowest BCUT2D eigenvalue weighted by Gasteiger charge is -2.18. The molecule has 1 atom stereocenters.